The highest BCUT2D eigenvalue weighted by molar-refractivity contribution is 7.14. The molecule has 2 aromatic rings. The fourth-order valence-electron chi connectivity index (χ4n) is 3.25. The lowest BCUT2D eigenvalue weighted by atomic mass is 10.0. The van der Waals surface area contributed by atoms with E-state index in [1.807, 2.05) is 17.5 Å². The summed E-state index contributed by atoms with van der Waals surface area (Å²) in [5, 5.41) is 14.3. The fraction of sp³-hybridized carbons (Fsp3) is 0.368. The van der Waals surface area contributed by atoms with E-state index in [1.54, 1.807) is 13.2 Å². The Labute approximate surface area is 151 Å². The third kappa shape index (κ3) is 4.19. The van der Waals surface area contributed by atoms with Crippen molar-refractivity contribution in [3.63, 3.8) is 0 Å². The Morgan fingerprint density at radius 2 is 2.36 bits per heavy atom. The van der Waals surface area contributed by atoms with Gasteiger partial charge in [0.05, 0.1) is 12.7 Å². The lowest BCUT2D eigenvalue weighted by Gasteiger charge is -2.24. The number of likely N-dealkylation sites (tertiary alicyclic amines) is 1. The average Bonchev–Trinajstić information content (AvgIpc) is 3.28. The number of benzene rings is 1. The van der Waals surface area contributed by atoms with Crippen LogP contribution in [-0.2, 0) is 4.79 Å². The molecule has 1 aliphatic rings. The van der Waals surface area contributed by atoms with Gasteiger partial charge in [-0.3, -0.25) is 9.69 Å². The molecule has 0 aliphatic carbocycles. The maximum Gasteiger partial charge on any atom is 0.226 e. The molecule has 1 aromatic heterocycles. The van der Waals surface area contributed by atoms with Crippen LogP contribution < -0.4 is 10.1 Å². The van der Waals surface area contributed by atoms with Gasteiger partial charge in [0.2, 0.25) is 5.91 Å². The fourth-order valence-corrected chi connectivity index (χ4v) is 4.00. The van der Waals surface area contributed by atoms with Gasteiger partial charge < -0.3 is 10.1 Å². The van der Waals surface area contributed by atoms with Crippen LogP contribution in [0.2, 0.25) is 0 Å². The Morgan fingerprint density at radius 1 is 1.48 bits per heavy atom. The molecule has 6 heteroatoms. The quantitative estimate of drug-likeness (QED) is 0.856. The molecule has 2 heterocycles. The van der Waals surface area contributed by atoms with Gasteiger partial charge in [0.1, 0.15) is 16.8 Å². The average molecular weight is 355 g/mol. The lowest BCUT2D eigenvalue weighted by molar-refractivity contribution is -0.116. The Hall–Kier alpha value is -2.36. The maximum atomic E-state index is 12.2. The predicted octanol–water partition coefficient (Wildman–Crippen LogP) is 3.79. The van der Waals surface area contributed by atoms with Gasteiger partial charge in [0.25, 0.3) is 0 Å². The Bertz CT molecular complexity index is 781. The zero-order valence-corrected chi connectivity index (χ0v) is 15.0. The summed E-state index contributed by atoms with van der Waals surface area (Å²) in [6, 6.07) is 12.3. The second-order valence-corrected chi connectivity index (χ2v) is 6.96. The van der Waals surface area contributed by atoms with Crippen molar-refractivity contribution in [3.05, 3.63) is 46.8 Å². The number of amides is 1. The number of ether oxygens (including phenoxy) is 1. The van der Waals surface area contributed by atoms with E-state index in [1.165, 1.54) is 16.9 Å². The van der Waals surface area contributed by atoms with E-state index in [4.69, 9.17) is 10.00 Å². The molecular formula is C19H21N3O2S. The maximum absolute atomic E-state index is 12.2. The van der Waals surface area contributed by atoms with Crippen molar-refractivity contribution in [2.45, 2.75) is 25.3 Å². The normalized spacial score (nSPS) is 17.2. The first-order valence-corrected chi connectivity index (χ1v) is 9.24. The van der Waals surface area contributed by atoms with Crippen LogP contribution in [0.4, 0.5) is 5.00 Å². The minimum absolute atomic E-state index is 0.0461. The minimum Gasteiger partial charge on any atom is -0.497 e. The van der Waals surface area contributed by atoms with Crippen molar-refractivity contribution in [2.75, 3.05) is 25.5 Å². The first-order valence-electron chi connectivity index (χ1n) is 8.36. The molecule has 0 bridgehead atoms. The van der Waals surface area contributed by atoms with Gasteiger partial charge in [-0.05, 0) is 48.5 Å². The van der Waals surface area contributed by atoms with Crippen LogP contribution in [0.5, 0.6) is 5.75 Å². The number of nitrogens with one attached hydrogen (secondary N) is 1. The van der Waals surface area contributed by atoms with E-state index < -0.39 is 0 Å². The molecule has 1 N–H and O–H groups in total. The van der Waals surface area contributed by atoms with E-state index in [0.29, 0.717) is 29.6 Å². The number of rotatable bonds is 6. The molecule has 1 atom stereocenters. The molecular weight excluding hydrogens is 334 g/mol. The Kier molecular flexibility index (Phi) is 5.69. The summed E-state index contributed by atoms with van der Waals surface area (Å²) in [5.41, 5.74) is 1.76. The number of thiophene rings is 1. The van der Waals surface area contributed by atoms with E-state index in [2.05, 4.69) is 28.4 Å². The molecule has 0 radical (unpaired) electrons. The van der Waals surface area contributed by atoms with E-state index in [-0.39, 0.29) is 5.91 Å². The van der Waals surface area contributed by atoms with Crippen molar-refractivity contribution in [1.82, 2.24) is 4.90 Å². The highest BCUT2D eigenvalue weighted by Gasteiger charge is 2.26. The van der Waals surface area contributed by atoms with Crippen molar-refractivity contribution in [2.24, 2.45) is 0 Å². The summed E-state index contributed by atoms with van der Waals surface area (Å²) in [7, 11) is 1.68. The lowest BCUT2D eigenvalue weighted by Crippen LogP contribution is -2.27. The molecule has 3 rings (SSSR count). The minimum atomic E-state index is -0.0461. The summed E-state index contributed by atoms with van der Waals surface area (Å²) in [5.74, 6) is 0.819. The molecule has 5 nitrogen and oxygen atoms in total. The van der Waals surface area contributed by atoms with Crippen LogP contribution in [-0.4, -0.2) is 31.0 Å². The van der Waals surface area contributed by atoms with Gasteiger partial charge in [-0.25, -0.2) is 0 Å². The van der Waals surface area contributed by atoms with Gasteiger partial charge in [0.15, 0.2) is 0 Å². The number of hydrogen-bond donors (Lipinski definition) is 1. The number of methoxy groups -OCH3 is 1. The second-order valence-electron chi connectivity index (χ2n) is 6.04. The molecule has 130 valence electrons. The number of nitriles is 1. The largest absolute Gasteiger partial charge is 0.497 e. The van der Waals surface area contributed by atoms with E-state index >= 15 is 0 Å². The molecule has 0 saturated carbocycles. The van der Waals surface area contributed by atoms with E-state index in [9.17, 15) is 4.79 Å². The monoisotopic (exact) mass is 355 g/mol. The van der Waals surface area contributed by atoms with Crippen LogP contribution in [0.25, 0.3) is 0 Å². The van der Waals surface area contributed by atoms with Crippen molar-refractivity contribution in [1.29, 1.82) is 5.26 Å². The predicted molar refractivity (Wildman–Crippen MR) is 98.8 cm³/mol. The Balaban J connectivity index is 1.58. The second kappa shape index (κ2) is 8.15. The van der Waals surface area contributed by atoms with Gasteiger partial charge in [-0.2, -0.15) is 5.26 Å². The number of hydrogen-bond acceptors (Lipinski definition) is 5. The number of carbonyl (C=O) groups is 1. The Morgan fingerprint density at radius 3 is 3.16 bits per heavy atom. The van der Waals surface area contributed by atoms with Gasteiger partial charge in [0, 0.05) is 19.0 Å². The number of carbonyl (C=O) groups excluding carboxylic acids is 1. The standard InChI is InChI=1S/C19H21N3O2S/c1-24-16-5-2-4-14(12-16)17-6-3-9-22(17)10-7-18(23)21-19-15(13-20)8-11-25-19/h2,4-5,8,11-12,17H,3,6-7,9-10H2,1H3,(H,21,23)/t17-/m0/s1. The highest BCUT2D eigenvalue weighted by atomic mass is 32.1. The van der Waals surface area contributed by atoms with Crippen molar-refractivity contribution >= 4 is 22.2 Å². The summed E-state index contributed by atoms with van der Waals surface area (Å²) in [4.78, 5) is 14.6. The van der Waals surface area contributed by atoms with Crippen LogP contribution >= 0.6 is 11.3 Å². The zero-order valence-electron chi connectivity index (χ0n) is 14.2. The van der Waals surface area contributed by atoms with Crippen molar-refractivity contribution in [3.8, 4) is 11.8 Å². The SMILES string of the molecule is COc1cccc([C@@H]2CCCN2CCC(=O)Nc2sccc2C#N)c1. The molecule has 0 spiro atoms. The molecule has 1 saturated heterocycles. The molecule has 1 amide bonds. The first-order chi connectivity index (χ1) is 12.2. The van der Waals surface area contributed by atoms with Crippen LogP contribution in [0.1, 0.15) is 36.4 Å². The molecule has 1 fully saturated rings. The third-order valence-corrected chi connectivity index (χ3v) is 5.34. The summed E-state index contributed by atoms with van der Waals surface area (Å²) in [6.07, 6.45) is 2.65. The summed E-state index contributed by atoms with van der Waals surface area (Å²) < 4.78 is 5.32. The summed E-state index contributed by atoms with van der Waals surface area (Å²) in [6.45, 7) is 1.71. The molecule has 25 heavy (non-hydrogen) atoms. The van der Waals surface area contributed by atoms with Crippen LogP contribution in [0, 0.1) is 11.3 Å². The van der Waals surface area contributed by atoms with Gasteiger partial charge in [-0.15, -0.1) is 11.3 Å². The van der Waals surface area contributed by atoms with E-state index in [0.717, 1.165) is 25.1 Å². The molecule has 1 aromatic carbocycles. The first kappa shape index (κ1) is 17.5. The van der Waals surface area contributed by atoms with Crippen LogP contribution in [0.3, 0.4) is 0 Å². The molecule has 1 aliphatic heterocycles. The highest BCUT2D eigenvalue weighted by Crippen LogP contribution is 2.33. The summed E-state index contributed by atoms with van der Waals surface area (Å²) >= 11 is 1.38. The third-order valence-electron chi connectivity index (χ3n) is 4.51. The van der Waals surface area contributed by atoms with Crippen molar-refractivity contribution < 1.29 is 9.53 Å². The molecule has 0 unspecified atom stereocenters. The zero-order chi connectivity index (χ0) is 17.6. The smallest absolute Gasteiger partial charge is 0.226 e. The van der Waals surface area contributed by atoms with Gasteiger partial charge in [-0.1, -0.05) is 12.1 Å². The van der Waals surface area contributed by atoms with Gasteiger partial charge >= 0.3 is 0 Å². The number of anilines is 1. The topological polar surface area (TPSA) is 65.4 Å². The van der Waals surface area contributed by atoms with Crippen LogP contribution in [0.15, 0.2) is 35.7 Å². The number of nitrogens with zero attached hydrogens (tertiary/aromatic N) is 2.